The highest BCUT2D eigenvalue weighted by Crippen LogP contribution is 2.44. The van der Waals surface area contributed by atoms with Crippen LogP contribution in [-0.4, -0.2) is 22.5 Å². The summed E-state index contributed by atoms with van der Waals surface area (Å²) < 4.78 is 13.0. The highest BCUT2D eigenvalue weighted by molar-refractivity contribution is 5.85. The number of rotatable bonds is 5. The average molecular weight is 362 g/mol. The van der Waals surface area contributed by atoms with Crippen LogP contribution >= 0.6 is 0 Å². The molecule has 1 N–H and O–H groups in total. The van der Waals surface area contributed by atoms with Crippen molar-refractivity contribution >= 4 is 10.9 Å². The minimum absolute atomic E-state index is 0.144. The Morgan fingerprint density at radius 1 is 1.00 bits per heavy atom. The highest BCUT2D eigenvalue weighted by atomic mass is 19.1. The fourth-order valence-electron chi connectivity index (χ4n) is 5.27. The van der Waals surface area contributed by atoms with Crippen molar-refractivity contribution in [3.63, 3.8) is 0 Å². The van der Waals surface area contributed by atoms with Crippen LogP contribution < -0.4 is 0 Å². The van der Waals surface area contributed by atoms with Gasteiger partial charge in [0.05, 0.1) is 0 Å². The Balaban J connectivity index is 1.29. The zero-order valence-electron chi connectivity index (χ0n) is 15.8. The number of aromatic nitrogens is 1. The molecule has 0 unspecified atom stereocenters. The third kappa shape index (κ3) is 3.19. The van der Waals surface area contributed by atoms with E-state index >= 15 is 0 Å². The van der Waals surface area contributed by atoms with Crippen molar-refractivity contribution in [1.29, 1.82) is 0 Å². The Hall–Kier alpha value is -2.13. The molecule has 2 aliphatic heterocycles. The Kier molecular flexibility index (Phi) is 4.48. The number of hydrogen-bond acceptors (Lipinski definition) is 1. The maximum absolute atomic E-state index is 13.0. The van der Waals surface area contributed by atoms with Gasteiger partial charge in [0.2, 0.25) is 0 Å². The van der Waals surface area contributed by atoms with Gasteiger partial charge >= 0.3 is 0 Å². The van der Waals surface area contributed by atoms with Crippen LogP contribution in [0, 0.1) is 5.82 Å². The zero-order valence-corrected chi connectivity index (χ0v) is 15.8. The van der Waals surface area contributed by atoms with Gasteiger partial charge in [-0.3, -0.25) is 4.90 Å². The molecule has 3 heterocycles. The fraction of sp³-hybridized carbons (Fsp3) is 0.417. The van der Waals surface area contributed by atoms with Gasteiger partial charge in [-0.15, -0.1) is 0 Å². The third-order valence-electron chi connectivity index (χ3n) is 6.53. The third-order valence-corrected chi connectivity index (χ3v) is 6.53. The quantitative estimate of drug-likeness (QED) is 0.570. The smallest absolute Gasteiger partial charge is 0.123 e. The van der Waals surface area contributed by atoms with Crippen molar-refractivity contribution in [3.8, 4) is 0 Å². The number of halogens is 1. The Labute approximate surface area is 160 Å². The van der Waals surface area contributed by atoms with Crippen LogP contribution in [0.5, 0.6) is 0 Å². The molecule has 0 spiro atoms. The molecule has 3 aromatic rings. The van der Waals surface area contributed by atoms with Crippen LogP contribution in [0.15, 0.2) is 48.5 Å². The van der Waals surface area contributed by atoms with Crippen LogP contribution in [0.25, 0.3) is 10.9 Å². The minimum Gasteiger partial charge on any atom is -0.358 e. The van der Waals surface area contributed by atoms with Gasteiger partial charge < -0.3 is 4.98 Å². The lowest BCUT2D eigenvalue weighted by Gasteiger charge is -2.46. The molecule has 140 valence electrons. The minimum atomic E-state index is -0.144. The van der Waals surface area contributed by atoms with Crippen molar-refractivity contribution in [3.05, 3.63) is 71.2 Å². The van der Waals surface area contributed by atoms with E-state index in [0.29, 0.717) is 12.1 Å². The van der Waals surface area contributed by atoms with Crippen LogP contribution in [0.4, 0.5) is 4.39 Å². The molecule has 3 heteroatoms. The zero-order chi connectivity index (χ0) is 18.2. The second-order valence-corrected chi connectivity index (χ2v) is 8.19. The topological polar surface area (TPSA) is 19.0 Å². The van der Waals surface area contributed by atoms with Gasteiger partial charge in [0.15, 0.2) is 0 Å². The lowest BCUT2D eigenvalue weighted by molar-refractivity contribution is 0.0676. The second-order valence-electron chi connectivity index (χ2n) is 8.19. The molecule has 1 saturated heterocycles. The Morgan fingerprint density at radius 3 is 2.74 bits per heavy atom. The number of nitrogens with zero attached hydrogens (tertiary/aromatic N) is 1. The van der Waals surface area contributed by atoms with Crippen molar-refractivity contribution in [2.75, 3.05) is 6.54 Å². The molecule has 2 bridgehead atoms. The first-order valence-corrected chi connectivity index (χ1v) is 10.4. The summed E-state index contributed by atoms with van der Waals surface area (Å²) in [6, 6.07) is 17.0. The Morgan fingerprint density at radius 2 is 1.85 bits per heavy atom. The molecule has 1 aromatic heterocycles. The van der Waals surface area contributed by atoms with Crippen molar-refractivity contribution in [2.24, 2.45) is 0 Å². The molecule has 1 fully saturated rings. The van der Waals surface area contributed by atoms with Gasteiger partial charge in [0, 0.05) is 35.1 Å². The van der Waals surface area contributed by atoms with Gasteiger partial charge in [0.1, 0.15) is 5.82 Å². The van der Waals surface area contributed by atoms with Gasteiger partial charge in [-0.25, -0.2) is 4.39 Å². The maximum atomic E-state index is 13.0. The molecule has 0 amide bonds. The number of para-hydroxylation sites is 1. The van der Waals surface area contributed by atoms with E-state index in [1.807, 2.05) is 12.1 Å². The van der Waals surface area contributed by atoms with Crippen molar-refractivity contribution in [1.82, 2.24) is 9.88 Å². The lowest BCUT2D eigenvalue weighted by atomic mass is 9.82. The summed E-state index contributed by atoms with van der Waals surface area (Å²) in [5.74, 6) is -0.144. The van der Waals surface area contributed by atoms with E-state index in [4.69, 9.17) is 0 Å². The van der Waals surface area contributed by atoms with E-state index in [1.165, 1.54) is 67.2 Å². The molecule has 27 heavy (non-hydrogen) atoms. The molecule has 2 nitrogen and oxygen atoms in total. The number of nitrogens with one attached hydrogen (secondary N) is 1. The summed E-state index contributed by atoms with van der Waals surface area (Å²) in [5, 5.41) is 1.43. The summed E-state index contributed by atoms with van der Waals surface area (Å²) in [6.07, 6.45) is 8.54. The molecule has 2 aromatic carbocycles. The van der Waals surface area contributed by atoms with E-state index in [0.717, 1.165) is 6.42 Å². The lowest BCUT2D eigenvalue weighted by Crippen LogP contribution is -2.46. The summed E-state index contributed by atoms with van der Waals surface area (Å²) in [5.41, 5.74) is 5.59. The number of aromatic amines is 1. The van der Waals surface area contributed by atoms with Gasteiger partial charge in [-0.1, -0.05) is 30.3 Å². The molecule has 0 saturated carbocycles. The first-order chi connectivity index (χ1) is 13.3. The van der Waals surface area contributed by atoms with Crippen LogP contribution in [0.1, 0.15) is 55.0 Å². The average Bonchev–Trinajstić information content (AvgIpc) is 3.04. The molecule has 5 rings (SSSR count). The second kappa shape index (κ2) is 7.12. The largest absolute Gasteiger partial charge is 0.358 e. The SMILES string of the molecule is Fc1ccc(CCCCN2[C@H]3CCC[C@@H]2c2c([nH]c4ccccc24)C3)cc1. The summed E-state index contributed by atoms with van der Waals surface area (Å²) in [6.45, 7) is 1.18. The monoisotopic (exact) mass is 362 g/mol. The predicted molar refractivity (Wildman–Crippen MR) is 108 cm³/mol. The number of aryl methyl sites for hydroxylation is 1. The van der Waals surface area contributed by atoms with Crippen LogP contribution in [0.3, 0.4) is 0 Å². The maximum Gasteiger partial charge on any atom is 0.123 e. The van der Waals surface area contributed by atoms with E-state index in [9.17, 15) is 4.39 Å². The number of hydrogen-bond donors (Lipinski definition) is 1. The molecule has 0 aliphatic carbocycles. The first kappa shape index (κ1) is 17.0. The molecule has 2 atom stereocenters. The number of fused-ring (bicyclic) bond motifs is 6. The molecular formula is C24H27FN2. The molecule has 2 aliphatic rings. The van der Waals surface area contributed by atoms with Gasteiger partial charge in [-0.2, -0.15) is 0 Å². The van der Waals surface area contributed by atoms with Crippen molar-refractivity contribution < 1.29 is 4.39 Å². The van der Waals surface area contributed by atoms with E-state index in [-0.39, 0.29) is 5.82 Å². The number of benzene rings is 2. The van der Waals surface area contributed by atoms with Crippen molar-refractivity contribution in [2.45, 2.75) is 57.0 Å². The predicted octanol–water partition coefficient (Wildman–Crippen LogP) is 5.78. The number of piperidine rings is 1. The van der Waals surface area contributed by atoms with E-state index in [1.54, 1.807) is 17.7 Å². The standard InChI is InChI=1S/C24H27FN2/c25-18-13-11-17(12-14-18)6-3-4-15-27-19-7-5-10-23(27)24-20-8-1-2-9-21(20)26-22(24)16-19/h1-2,8-9,11-14,19,23,26H,3-7,10,15-16H2/t19-,23+/m0/s1. The summed E-state index contributed by atoms with van der Waals surface area (Å²) in [7, 11) is 0. The number of H-pyrrole nitrogens is 1. The number of unbranched alkanes of at least 4 members (excludes halogenated alkanes) is 1. The first-order valence-electron chi connectivity index (χ1n) is 10.4. The Bertz CT molecular complexity index is 927. The normalized spacial score (nSPS) is 22.1. The summed E-state index contributed by atoms with van der Waals surface area (Å²) in [4.78, 5) is 6.49. The fourth-order valence-corrected chi connectivity index (χ4v) is 5.27. The highest BCUT2D eigenvalue weighted by Gasteiger charge is 2.38. The van der Waals surface area contributed by atoms with E-state index in [2.05, 4.69) is 34.1 Å². The van der Waals surface area contributed by atoms with Crippen LogP contribution in [-0.2, 0) is 12.8 Å². The van der Waals surface area contributed by atoms with Gasteiger partial charge in [0.25, 0.3) is 0 Å². The summed E-state index contributed by atoms with van der Waals surface area (Å²) >= 11 is 0. The molecular weight excluding hydrogens is 335 g/mol. The van der Waals surface area contributed by atoms with Gasteiger partial charge in [-0.05, 0) is 74.4 Å². The van der Waals surface area contributed by atoms with Crippen LogP contribution in [0.2, 0.25) is 0 Å². The van der Waals surface area contributed by atoms with E-state index < -0.39 is 0 Å². The molecule has 0 radical (unpaired) electrons.